The molecule has 2 rings (SSSR count). The van der Waals surface area contributed by atoms with Gasteiger partial charge in [-0.1, -0.05) is 42.6 Å². The predicted molar refractivity (Wildman–Crippen MR) is 74.9 cm³/mol. The molecule has 1 aliphatic rings. The second kappa shape index (κ2) is 5.17. The molecule has 1 atom stereocenters. The number of hydrogen-bond acceptors (Lipinski definition) is 1. The van der Waals surface area contributed by atoms with E-state index in [0.717, 1.165) is 12.8 Å². The lowest BCUT2D eigenvalue weighted by Crippen LogP contribution is -2.40. The highest BCUT2D eigenvalue weighted by atomic mass is 35.5. The average molecular weight is 272 g/mol. The molecular weight excluding hydrogens is 253 g/mol. The molecule has 1 nitrogen and oxygen atoms in total. The van der Waals surface area contributed by atoms with Gasteiger partial charge in [-0.05, 0) is 48.8 Å². The zero-order chi connectivity index (χ0) is 12.5. The van der Waals surface area contributed by atoms with Crippen LogP contribution >= 0.6 is 23.2 Å². The molecule has 3 heteroatoms. The molecule has 1 fully saturated rings. The van der Waals surface area contributed by atoms with Crippen LogP contribution in [0.25, 0.3) is 0 Å². The summed E-state index contributed by atoms with van der Waals surface area (Å²) >= 11 is 12.1. The van der Waals surface area contributed by atoms with Crippen molar-refractivity contribution < 1.29 is 0 Å². The fourth-order valence-electron chi connectivity index (χ4n) is 2.69. The minimum atomic E-state index is 0.254. The summed E-state index contributed by atoms with van der Waals surface area (Å²) in [6.07, 6.45) is 5.82. The van der Waals surface area contributed by atoms with E-state index in [1.54, 1.807) is 0 Å². The van der Waals surface area contributed by atoms with Crippen molar-refractivity contribution in [3.8, 4) is 0 Å². The van der Waals surface area contributed by atoms with E-state index in [2.05, 4.69) is 13.0 Å². The number of rotatable bonds is 4. The highest BCUT2D eigenvalue weighted by Gasteiger charge is 2.39. The second-order valence-corrected chi connectivity index (χ2v) is 5.95. The maximum atomic E-state index is 6.11. The monoisotopic (exact) mass is 271 g/mol. The van der Waals surface area contributed by atoms with E-state index in [1.165, 1.54) is 24.8 Å². The minimum absolute atomic E-state index is 0.254. The molecule has 0 aliphatic heterocycles. The van der Waals surface area contributed by atoms with E-state index in [4.69, 9.17) is 28.9 Å². The van der Waals surface area contributed by atoms with Crippen LogP contribution in [0, 0.1) is 0 Å². The lowest BCUT2D eigenvalue weighted by molar-refractivity contribution is 0.208. The van der Waals surface area contributed by atoms with E-state index in [0.29, 0.717) is 10.0 Å². The molecule has 0 saturated heterocycles. The van der Waals surface area contributed by atoms with Crippen molar-refractivity contribution >= 4 is 23.2 Å². The second-order valence-electron chi connectivity index (χ2n) is 5.14. The Labute approximate surface area is 113 Å². The quantitative estimate of drug-likeness (QED) is 0.855. The van der Waals surface area contributed by atoms with Gasteiger partial charge in [0, 0.05) is 6.04 Å². The molecule has 1 unspecified atom stereocenters. The molecule has 1 aliphatic carbocycles. The summed E-state index contributed by atoms with van der Waals surface area (Å²) < 4.78 is 0. The first-order valence-corrected chi connectivity index (χ1v) is 7.04. The molecule has 2 N–H and O–H groups in total. The molecular formula is C14H19Cl2N. The SMILES string of the molecule is CCC(N)CC1(c2ccc(Cl)c(Cl)c2)CCC1. The fraction of sp³-hybridized carbons (Fsp3) is 0.571. The van der Waals surface area contributed by atoms with Crippen LogP contribution < -0.4 is 5.73 Å². The summed E-state index contributed by atoms with van der Waals surface area (Å²) in [6.45, 7) is 2.14. The third-order valence-electron chi connectivity index (χ3n) is 4.02. The first kappa shape index (κ1) is 13.2. The summed E-state index contributed by atoms with van der Waals surface area (Å²) in [4.78, 5) is 0. The van der Waals surface area contributed by atoms with Gasteiger partial charge in [-0.3, -0.25) is 0 Å². The van der Waals surface area contributed by atoms with Crippen LogP contribution in [0.3, 0.4) is 0 Å². The molecule has 0 aromatic heterocycles. The summed E-state index contributed by atoms with van der Waals surface area (Å²) in [5.41, 5.74) is 7.68. The summed E-state index contributed by atoms with van der Waals surface area (Å²) in [6, 6.07) is 6.31. The van der Waals surface area contributed by atoms with Gasteiger partial charge in [0.25, 0.3) is 0 Å². The lowest BCUT2D eigenvalue weighted by Gasteiger charge is -2.44. The Morgan fingerprint density at radius 2 is 2.00 bits per heavy atom. The van der Waals surface area contributed by atoms with Gasteiger partial charge in [0.05, 0.1) is 10.0 Å². The highest BCUT2D eigenvalue weighted by Crippen LogP contribution is 2.48. The van der Waals surface area contributed by atoms with Crippen molar-refractivity contribution in [3.63, 3.8) is 0 Å². The standard InChI is InChI=1S/C14H19Cl2N/c1-2-11(17)9-14(6-3-7-14)10-4-5-12(15)13(16)8-10/h4-5,8,11H,2-3,6-7,9,17H2,1H3. The maximum absolute atomic E-state index is 6.11. The Morgan fingerprint density at radius 3 is 2.47 bits per heavy atom. The molecule has 0 heterocycles. The van der Waals surface area contributed by atoms with E-state index in [1.807, 2.05) is 12.1 Å². The van der Waals surface area contributed by atoms with Gasteiger partial charge in [0.2, 0.25) is 0 Å². The Bertz CT molecular complexity index is 399. The average Bonchev–Trinajstić information content (AvgIpc) is 2.27. The Kier molecular flexibility index (Phi) is 4.02. The van der Waals surface area contributed by atoms with Gasteiger partial charge in [-0.25, -0.2) is 0 Å². The zero-order valence-electron chi connectivity index (χ0n) is 10.2. The Hall–Kier alpha value is -0.240. The van der Waals surface area contributed by atoms with Crippen LogP contribution in [0.2, 0.25) is 10.0 Å². The lowest BCUT2D eigenvalue weighted by atomic mass is 9.61. The third-order valence-corrected chi connectivity index (χ3v) is 4.76. The van der Waals surface area contributed by atoms with Gasteiger partial charge in [-0.2, -0.15) is 0 Å². The van der Waals surface area contributed by atoms with Crippen molar-refractivity contribution in [1.82, 2.24) is 0 Å². The van der Waals surface area contributed by atoms with Crippen molar-refractivity contribution in [3.05, 3.63) is 33.8 Å². The summed E-state index contributed by atoms with van der Waals surface area (Å²) in [7, 11) is 0. The smallest absolute Gasteiger partial charge is 0.0595 e. The topological polar surface area (TPSA) is 26.0 Å². The van der Waals surface area contributed by atoms with Crippen LogP contribution in [0.15, 0.2) is 18.2 Å². The Morgan fingerprint density at radius 1 is 1.29 bits per heavy atom. The molecule has 1 saturated carbocycles. The first-order valence-electron chi connectivity index (χ1n) is 6.28. The van der Waals surface area contributed by atoms with Crippen molar-refractivity contribution in [2.45, 2.75) is 50.5 Å². The zero-order valence-corrected chi connectivity index (χ0v) is 11.7. The fourth-order valence-corrected chi connectivity index (χ4v) is 2.98. The van der Waals surface area contributed by atoms with Crippen molar-refractivity contribution in [2.75, 3.05) is 0 Å². The van der Waals surface area contributed by atoms with Gasteiger partial charge in [-0.15, -0.1) is 0 Å². The highest BCUT2D eigenvalue weighted by molar-refractivity contribution is 6.42. The molecule has 1 aromatic rings. The van der Waals surface area contributed by atoms with Gasteiger partial charge in [0.15, 0.2) is 0 Å². The molecule has 1 aromatic carbocycles. The van der Waals surface area contributed by atoms with Crippen molar-refractivity contribution in [1.29, 1.82) is 0 Å². The van der Waals surface area contributed by atoms with Crippen LogP contribution in [0.5, 0.6) is 0 Å². The van der Waals surface area contributed by atoms with Crippen LogP contribution in [-0.2, 0) is 5.41 Å². The Balaban J connectivity index is 2.25. The molecule has 0 spiro atoms. The van der Waals surface area contributed by atoms with E-state index >= 15 is 0 Å². The minimum Gasteiger partial charge on any atom is -0.328 e. The van der Waals surface area contributed by atoms with Crippen LogP contribution in [0.4, 0.5) is 0 Å². The number of halogens is 2. The molecule has 0 amide bonds. The van der Waals surface area contributed by atoms with E-state index in [-0.39, 0.29) is 11.5 Å². The summed E-state index contributed by atoms with van der Waals surface area (Å²) in [5, 5.41) is 1.28. The van der Waals surface area contributed by atoms with Gasteiger partial charge >= 0.3 is 0 Å². The normalized spacial score (nSPS) is 19.8. The van der Waals surface area contributed by atoms with E-state index < -0.39 is 0 Å². The van der Waals surface area contributed by atoms with Gasteiger partial charge < -0.3 is 5.73 Å². The third kappa shape index (κ3) is 2.62. The first-order chi connectivity index (χ1) is 8.07. The van der Waals surface area contributed by atoms with Crippen LogP contribution in [-0.4, -0.2) is 6.04 Å². The maximum Gasteiger partial charge on any atom is 0.0595 e. The van der Waals surface area contributed by atoms with Crippen LogP contribution in [0.1, 0.15) is 44.6 Å². The van der Waals surface area contributed by atoms with E-state index in [9.17, 15) is 0 Å². The number of hydrogen-bond donors (Lipinski definition) is 1. The molecule has 0 radical (unpaired) electrons. The number of nitrogens with two attached hydrogens (primary N) is 1. The number of benzene rings is 1. The van der Waals surface area contributed by atoms with Crippen molar-refractivity contribution in [2.24, 2.45) is 5.73 Å². The molecule has 0 bridgehead atoms. The summed E-state index contributed by atoms with van der Waals surface area (Å²) in [5.74, 6) is 0. The molecule has 94 valence electrons. The molecule has 17 heavy (non-hydrogen) atoms. The van der Waals surface area contributed by atoms with Gasteiger partial charge in [0.1, 0.15) is 0 Å². The predicted octanol–water partition coefficient (Wildman–Crippen LogP) is 4.54. The largest absolute Gasteiger partial charge is 0.328 e.